The Bertz CT molecular complexity index is 190. The van der Waals surface area contributed by atoms with Crippen LogP contribution in [0.1, 0.15) is 84.5 Å². The van der Waals surface area contributed by atoms with Crippen molar-refractivity contribution < 1.29 is 0 Å². The summed E-state index contributed by atoms with van der Waals surface area (Å²) in [5.74, 6) is 0.921. The standard InChI is InChI=1S/C18H34/c1-4-6-7-8-9-10-11-12-13-14-15-16-17-18(3)5-2/h4,12-13,18H,1,5-11,14-17H2,2-3H3. The Morgan fingerprint density at radius 1 is 0.833 bits per heavy atom. The zero-order valence-electron chi connectivity index (χ0n) is 12.8. The van der Waals surface area contributed by atoms with Crippen LogP contribution in [0, 0.1) is 5.92 Å². The normalized spacial score (nSPS) is 13.0. The van der Waals surface area contributed by atoms with Crippen molar-refractivity contribution in [2.45, 2.75) is 84.5 Å². The maximum Gasteiger partial charge on any atom is -0.0351 e. The minimum absolute atomic E-state index is 0.921. The minimum Gasteiger partial charge on any atom is -0.103 e. The molecule has 0 heteroatoms. The number of allylic oxidation sites excluding steroid dienone is 3. The van der Waals surface area contributed by atoms with Crippen LogP contribution < -0.4 is 0 Å². The Kier molecular flexibility index (Phi) is 14.1. The average Bonchev–Trinajstić information content (AvgIpc) is 2.39. The van der Waals surface area contributed by atoms with Gasteiger partial charge in [-0.05, 0) is 44.4 Å². The highest BCUT2D eigenvalue weighted by Crippen LogP contribution is 2.12. The predicted molar refractivity (Wildman–Crippen MR) is 85.0 cm³/mol. The Labute approximate surface area is 116 Å². The lowest BCUT2D eigenvalue weighted by atomic mass is 10.0. The van der Waals surface area contributed by atoms with Crippen LogP contribution in [0.25, 0.3) is 0 Å². The number of hydrogen-bond acceptors (Lipinski definition) is 0. The molecule has 0 aromatic heterocycles. The molecular formula is C18H34. The minimum atomic E-state index is 0.921. The van der Waals surface area contributed by atoms with E-state index < -0.39 is 0 Å². The van der Waals surface area contributed by atoms with E-state index in [1.165, 1.54) is 70.6 Å². The molecule has 0 N–H and O–H groups in total. The molecule has 0 radical (unpaired) electrons. The second-order valence-corrected chi connectivity index (χ2v) is 5.55. The van der Waals surface area contributed by atoms with Gasteiger partial charge < -0.3 is 0 Å². The Morgan fingerprint density at radius 3 is 1.94 bits per heavy atom. The molecule has 18 heavy (non-hydrogen) atoms. The summed E-state index contributed by atoms with van der Waals surface area (Å²) in [5.41, 5.74) is 0. The third kappa shape index (κ3) is 13.5. The number of hydrogen-bond donors (Lipinski definition) is 0. The van der Waals surface area contributed by atoms with E-state index in [-0.39, 0.29) is 0 Å². The molecule has 0 spiro atoms. The summed E-state index contributed by atoms with van der Waals surface area (Å²) >= 11 is 0. The second-order valence-electron chi connectivity index (χ2n) is 5.55. The predicted octanol–water partition coefficient (Wildman–Crippen LogP) is 6.68. The molecule has 0 aliphatic rings. The van der Waals surface area contributed by atoms with Crippen LogP contribution in [0.15, 0.2) is 24.8 Å². The smallest absolute Gasteiger partial charge is 0.0351 e. The van der Waals surface area contributed by atoms with E-state index in [0.717, 1.165) is 5.92 Å². The summed E-state index contributed by atoms with van der Waals surface area (Å²) < 4.78 is 0. The van der Waals surface area contributed by atoms with Crippen molar-refractivity contribution >= 4 is 0 Å². The molecule has 0 aromatic rings. The van der Waals surface area contributed by atoms with Crippen molar-refractivity contribution in [1.82, 2.24) is 0 Å². The molecule has 0 saturated carbocycles. The fourth-order valence-electron chi connectivity index (χ4n) is 2.10. The molecule has 0 bridgehead atoms. The van der Waals surface area contributed by atoms with Crippen LogP contribution in [-0.2, 0) is 0 Å². The maximum absolute atomic E-state index is 3.75. The summed E-state index contributed by atoms with van der Waals surface area (Å²) in [6.45, 7) is 8.40. The Balaban J connectivity index is 3.11. The van der Waals surface area contributed by atoms with Crippen LogP contribution in [-0.4, -0.2) is 0 Å². The lowest BCUT2D eigenvalue weighted by molar-refractivity contribution is 0.486. The zero-order chi connectivity index (χ0) is 13.5. The fraction of sp³-hybridized carbons (Fsp3) is 0.778. The lowest BCUT2D eigenvalue weighted by Crippen LogP contribution is -1.90. The van der Waals surface area contributed by atoms with E-state index in [4.69, 9.17) is 0 Å². The third-order valence-corrected chi connectivity index (χ3v) is 3.71. The van der Waals surface area contributed by atoms with E-state index in [9.17, 15) is 0 Å². The van der Waals surface area contributed by atoms with Crippen LogP contribution in [0.3, 0.4) is 0 Å². The highest BCUT2D eigenvalue weighted by Gasteiger charge is 1.96. The summed E-state index contributed by atoms with van der Waals surface area (Å²) in [6.07, 6.45) is 21.5. The maximum atomic E-state index is 3.75. The van der Waals surface area contributed by atoms with Gasteiger partial charge in [0, 0.05) is 0 Å². The van der Waals surface area contributed by atoms with Gasteiger partial charge in [-0.3, -0.25) is 0 Å². The van der Waals surface area contributed by atoms with Crippen molar-refractivity contribution in [2.75, 3.05) is 0 Å². The quantitative estimate of drug-likeness (QED) is 0.253. The van der Waals surface area contributed by atoms with Crippen molar-refractivity contribution in [3.05, 3.63) is 24.8 Å². The lowest BCUT2D eigenvalue weighted by Gasteiger charge is -2.06. The molecule has 0 aromatic carbocycles. The fourth-order valence-corrected chi connectivity index (χ4v) is 2.10. The second kappa shape index (κ2) is 14.5. The third-order valence-electron chi connectivity index (χ3n) is 3.71. The molecule has 0 saturated heterocycles. The summed E-state index contributed by atoms with van der Waals surface area (Å²) in [7, 11) is 0. The van der Waals surface area contributed by atoms with Crippen LogP contribution >= 0.6 is 0 Å². The molecular weight excluding hydrogens is 216 g/mol. The molecule has 0 fully saturated rings. The van der Waals surface area contributed by atoms with Gasteiger partial charge in [-0.2, -0.15) is 0 Å². The highest BCUT2D eigenvalue weighted by atomic mass is 14.0. The van der Waals surface area contributed by atoms with E-state index >= 15 is 0 Å². The van der Waals surface area contributed by atoms with Gasteiger partial charge >= 0.3 is 0 Å². The van der Waals surface area contributed by atoms with Crippen LogP contribution in [0.4, 0.5) is 0 Å². The SMILES string of the molecule is C=CCCCCCCC=CCCCCC(C)CC. The summed E-state index contributed by atoms with van der Waals surface area (Å²) in [5, 5.41) is 0. The van der Waals surface area contributed by atoms with Gasteiger partial charge in [-0.25, -0.2) is 0 Å². The molecule has 0 nitrogen and oxygen atoms in total. The van der Waals surface area contributed by atoms with Crippen LogP contribution in [0.2, 0.25) is 0 Å². The van der Waals surface area contributed by atoms with Gasteiger partial charge in [0.05, 0.1) is 0 Å². The first-order valence-corrected chi connectivity index (χ1v) is 8.07. The van der Waals surface area contributed by atoms with Crippen molar-refractivity contribution in [3.63, 3.8) is 0 Å². The molecule has 1 atom stereocenters. The molecule has 0 aliphatic heterocycles. The average molecular weight is 250 g/mol. The number of rotatable bonds is 13. The van der Waals surface area contributed by atoms with Gasteiger partial charge in [0.1, 0.15) is 0 Å². The van der Waals surface area contributed by atoms with Gasteiger partial charge in [-0.1, -0.05) is 64.2 Å². The molecule has 1 unspecified atom stereocenters. The first kappa shape index (κ1) is 17.5. The topological polar surface area (TPSA) is 0 Å². The van der Waals surface area contributed by atoms with Gasteiger partial charge in [-0.15, -0.1) is 6.58 Å². The van der Waals surface area contributed by atoms with E-state index in [0.29, 0.717) is 0 Å². The Hall–Kier alpha value is -0.520. The molecule has 0 amide bonds. The largest absolute Gasteiger partial charge is 0.103 e. The molecule has 0 rings (SSSR count). The van der Waals surface area contributed by atoms with Crippen LogP contribution in [0.5, 0.6) is 0 Å². The monoisotopic (exact) mass is 250 g/mol. The first-order valence-electron chi connectivity index (χ1n) is 8.07. The van der Waals surface area contributed by atoms with Gasteiger partial charge in [0.15, 0.2) is 0 Å². The molecule has 0 aliphatic carbocycles. The molecule has 106 valence electrons. The summed E-state index contributed by atoms with van der Waals surface area (Å²) in [6, 6.07) is 0. The Morgan fingerprint density at radius 2 is 1.39 bits per heavy atom. The molecule has 0 heterocycles. The number of unbranched alkanes of at least 4 members (excludes halogenated alkanes) is 7. The highest BCUT2D eigenvalue weighted by molar-refractivity contribution is 4.81. The van der Waals surface area contributed by atoms with Gasteiger partial charge in [0.25, 0.3) is 0 Å². The van der Waals surface area contributed by atoms with Crippen molar-refractivity contribution in [2.24, 2.45) is 5.92 Å². The zero-order valence-corrected chi connectivity index (χ0v) is 12.8. The van der Waals surface area contributed by atoms with Crippen molar-refractivity contribution in [1.29, 1.82) is 0 Å². The van der Waals surface area contributed by atoms with E-state index in [1.54, 1.807) is 0 Å². The first-order chi connectivity index (χ1) is 8.81. The summed E-state index contributed by atoms with van der Waals surface area (Å²) in [4.78, 5) is 0. The van der Waals surface area contributed by atoms with E-state index in [2.05, 4.69) is 32.6 Å². The van der Waals surface area contributed by atoms with Gasteiger partial charge in [0.2, 0.25) is 0 Å². The van der Waals surface area contributed by atoms with E-state index in [1.807, 2.05) is 6.08 Å². The van der Waals surface area contributed by atoms with Crippen molar-refractivity contribution in [3.8, 4) is 0 Å².